The zero-order valence-corrected chi connectivity index (χ0v) is 26.4. The number of benzene rings is 4. The summed E-state index contributed by atoms with van der Waals surface area (Å²) in [6.07, 6.45) is 8.07. The van der Waals surface area contributed by atoms with Gasteiger partial charge in [0.1, 0.15) is 0 Å². The molecule has 0 saturated heterocycles. The first-order valence-corrected chi connectivity index (χ1v) is 14.0. The van der Waals surface area contributed by atoms with Crippen molar-refractivity contribution in [2.45, 2.75) is 39.5 Å². The van der Waals surface area contributed by atoms with Crippen molar-refractivity contribution in [1.82, 2.24) is 9.78 Å². The molecule has 216 valence electrons. The quantitative estimate of drug-likeness (QED) is 0.149. The molecule has 42 heavy (non-hydrogen) atoms. The van der Waals surface area contributed by atoms with Crippen molar-refractivity contribution >= 4 is 11.4 Å². The number of para-hydroxylation sites is 1. The summed E-state index contributed by atoms with van der Waals surface area (Å²) < 4.78 is 8.08. The van der Waals surface area contributed by atoms with Crippen LogP contribution in [0.25, 0.3) is 16.8 Å². The molecule has 6 rings (SSSR count). The van der Waals surface area contributed by atoms with E-state index in [1.165, 1.54) is 16.7 Å². The van der Waals surface area contributed by atoms with Gasteiger partial charge in [0.2, 0.25) is 0 Å². The van der Waals surface area contributed by atoms with Crippen LogP contribution in [0.3, 0.4) is 0 Å². The number of hydrogen-bond acceptors (Lipinski definition) is 4. The van der Waals surface area contributed by atoms with E-state index in [0.717, 1.165) is 22.6 Å². The van der Waals surface area contributed by atoms with Gasteiger partial charge in [-0.15, -0.1) is 48.8 Å². The van der Waals surface area contributed by atoms with E-state index in [1.54, 1.807) is 0 Å². The third-order valence-electron chi connectivity index (χ3n) is 7.19. The van der Waals surface area contributed by atoms with Crippen LogP contribution < -0.4 is 14.5 Å². The fourth-order valence-corrected chi connectivity index (χ4v) is 5.11. The maximum atomic E-state index is 6.21. The molecule has 1 aliphatic rings. The van der Waals surface area contributed by atoms with Gasteiger partial charge >= 0.3 is 0 Å². The SMILES string of the molecule is CC(C)c1cccc(C(C)C)c1-c1cnn(-c2[c-]c(Oc3[c-]c(N4C=CN(c5ccccc5)[CH-]4)ccc3)ccc2)c1.[Pt]. The van der Waals surface area contributed by atoms with Gasteiger partial charge < -0.3 is 14.5 Å². The summed E-state index contributed by atoms with van der Waals surface area (Å²) in [5.74, 6) is 2.05. The third kappa shape index (κ3) is 6.22. The summed E-state index contributed by atoms with van der Waals surface area (Å²) >= 11 is 0. The van der Waals surface area contributed by atoms with Gasteiger partial charge in [0, 0.05) is 50.0 Å². The van der Waals surface area contributed by atoms with Gasteiger partial charge in [-0.2, -0.15) is 17.2 Å². The minimum absolute atomic E-state index is 0. The minimum atomic E-state index is 0. The molecule has 0 radical (unpaired) electrons. The van der Waals surface area contributed by atoms with Crippen molar-refractivity contribution < 1.29 is 25.8 Å². The van der Waals surface area contributed by atoms with Crippen LogP contribution in [0, 0.1) is 18.8 Å². The Hall–Kier alpha value is -4.08. The summed E-state index contributed by atoms with van der Waals surface area (Å²) in [5.41, 5.74) is 7.86. The molecule has 5 nitrogen and oxygen atoms in total. The van der Waals surface area contributed by atoms with Crippen molar-refractivity contribution in [1.29, 1.82) is 0 Å². The number of ether oxygens (including phenoxy) is 1. The summed E-state index contributed by atoms with van der Waals surface area (Å²) in [4.78, 5) is 4.09. The Morgan fingerprint density at radius 2 is 1.29 bits per heavy atom. The van der Waals surface area contributed by atoms with Crippen LogP contribution in [-0.2, 0) is 21.1 Å². The normalized spacial score (nSPS) is 12.7. The average Bonchev–Trinajstić information content (AvgIpc) is 3.69. The first kappa shape index (κ1) is 29.4. The van der Waals surface area contributed by atoms with E-state index < -0.39 is 0 Å². The molecule has 0 N–H and O–H groups in total. The second-order valence-electron chi connectivity index (χ2n) is 10.8. The standard InChI is InChI=1S/C36H33N4O.Pt/c1-26(2)34-17-10-18-35(27(3)4)36(34)28-23-37-40(24-28)31-14-9-16-33(22-31)41-32-15-8-13-30(21-32)39-20-19-38(25-39)29-11-6-5-7-12-29;/h5-20,23-27H,1-4H3;/q-3;. The monoisotopic (exact) mass is 732 g/mol. The van der Waals surface area contributed by atoms with Gasteiger partial charge in [-0.25, -0.2) is 0 Å². The fourth-order valence-electron chi connectivity index (χ4n) is 5.11. The number of rotatable bonds is 8. The van der Waals surface area contributed by atoms with Crippen molar-refractivity contribution in [2.75, 3.05) is 9.80 Å². The molecule has 0 atom stereocenters. The Balaban J connectivity index is 0.00000353. The number of hydrogen-bond donors (Lipinski definition) is 0. The summed E-state index contributed by atoms with van der Waals surface area (Å²) in [7, 11) is 0. The van der Waals surface area contributed by atoms with Crippen molar-refractivity contribution in [3.05, 3.63) is 140 Å². The Morgan fingerprint density at radius 1 is 0.690 bits per heavy atom. The van der Waals surface area contributed by atoms with Gasteiger partial charge in [-0.3, -0.25) is 4.68 Å². The van der Waals surface area contributed by atoms with E-state index in [0.29, 0.717) is 23.3 Å². The first-order chi connectivity index (χ1) is 20.0. The van der Waals surface area contributed by atoms with Crippen LogP contribution in [0.4, 0.5) is 11.4 Å². The van der Waals surface area contributed by atoms with Gasteiger partial charge in [0.25, 0.3) is 0 Å². The van der Waals surface area contributed by atoms with Gasteiger partial charge in [0.05, 0.1) is 6.20 Å². The molecule has 2 heterocycles. The van der Waals surface area contributed by atoms with E-state index in [-0.39, 0.29) is 21.1 Å². The smallest absolute Gasteiger partial charge is 0.0572 e. The Morgan fingerprint density at radius 3 is 1.95 bits per heavy atom. The first-order valence-electron chi connectivity index (χ1n) is 14.0. The van der Waals surface area contributed by atoms with Crippen molar-refractivity contribution in [3.63, 3.8) is 0 Å². The van der Waals surface area contributed by atoms with Gasteiger partial charge in [-0.05, 0) is 58.7 Å². The summed E-state index contributed by atoms with van der Waals surface area (Å²) in [6, 6.07) is 35.3. The molecule has 4 aromatic carbocycles. The van der Waals surface area contributed by atoms with E-state index >= 15 is 0 Å². The van der Waals surface area contributed by atoms with E-state index in [9.17, 15) is 0 Å². The third-order valence-corrected chi connectivity index (χ3v) is 7.19. The Kier molecular flexibility index (Phi) is 8.99. The number of nitrogens with zero attached hydrogens (tertiary/aromatic N) is 4. The molecule has 0 unspecified atom stereocenters. The molecule has 0 aliphatic carbocycles. The van der Waals surface area contributed by atoms with Crippen molar-refractivity contribution in [2.24, 2.45) is 0 Å². The van der Waals surface area contributed by atoms with Crippen LogP contribution in [0.15, 0.2) is 110 Å². The van der Waals surface area contributed by atoms with Crippen LogP contribution >= 0.6 is 0 Å². The molecule has 5 aromatic rings. The molecular formula is C36H33N4OPt-3. The van der Waals surface area contributed by atoms with Crippen molar-refractivity contribution in [3.8, 4) is 28.3 Å². The van der Waals surface area contributed by atoms with E-state index in [1.807, 2.05) is 89.4 Å². The molecule has 0 bridgehead atoms. The minimum Gasteiger partial charge on any atom is -0.509 e. The molecule has 1 aliphatic heterocycles. The zero-order valence-electron chi connectivity index (χ0n) is 24.1. The van der Waals surface area contributed by atoms with Gasteiger partial charge in [0.15, 0.2) is 0 Å². The molecule has 0 saturated carbocycles. The summed E-state index contributed by atoms with van der Waals surface area (Å²) in [5, 5.41) is 4.71. The maximum Gasteiger partial charge on any atom is 0.0572 e. The summed E-state index contributed by atoms with van der Waals surface area (Å²) in [6.45, 7) is 11.0. The molecule has 0 fully saturated rings. The average molecular weight is 733 g/mol. The largest absolute Gasteiger partial charge is 0.509 e. The van der Waals surface area contributed by atoms with Crippen LogP contribution in [0.5, 0.6) is 11.5 Å². The Bertz CT molecular complexity index is 1650. The maximum absolute atomic E-state index is 6.21. The number of anilines is 2. The molecule has 1 aromatic heterocycles. The van der Waals surface area contributed by atoms with Crippen LogP contribution in [0.2, 0.25) is 0 Å². The van der Waals surface area contributed by atoms with E-state index in [4.69, 9.17) is 9.84 Å². The topological polar surface area (TPSA) is 33.5 Å². The molecular weight excluding hydrogens is 700 g/mol. The van der Waals surface area contributed by atoms with Gasteiger partial charge in [-0.1, -0.05) is 64.1 Å². The molecule has 6 heteroatoms. The van der Waals surface area contributed by atoms with E-state index in [2.05, 4.69) is 81.3 Å². The zero-order chi connectivity index (χ0) is 28.3. The van der Waals surface area contributed by atoms with Crippen LogP contribution in [0.1, 0.15) is 50.7 Å². The second kappa shape index (κ2) is 12.8. The van der Waals surface area contributed by atoms with Crippen LogP contribution in [-0.4, -0.2) is 9.78 Å². The molecule has 0 spiro atoms. The second-order valence-corrected chi connectivity index (χ2v) is 10.8. The molecule has 0 amide bonds. The predicted octanol–water partition coefficient (Wildman–Crippen LogP) is 9.09. The number of aromatic nitrogens is 2. The predicted molar refractivity (Wildman–Crippen MR) is 166 cm³/mol. The Labute approximate surface area is 263 Å². The fraction of sp³-hybridized carbons (Fsp3) is 0.167.